The van der Waals surface area contributed by atoms with Crippen molar-refractivity contribution in [2.75, 3.05) is 39.5 Å². The second-order valence-corrected chi connectivity index (χ2v) is 4.77. The third-order valence-corrected chi connectivity index (χ3v) is 3.24. The molecule has 5 heteroatoms. The lowest BCUT2D eigenvalue weighted by Crippen LogP contribution is -2.38. The smallest absolute Gasteiger partial charge is 0.131 e. The van der Waals surface area contributed by atoms with Crippen LogP contribution in [-0.4, -0.2) is 44.4 Å². The van der Waals surface area contributed by atoms with Crippen LogP contribution in [0, 0.1) is 5.82 Å². The molecular formula is C14H21FN2O2. The highest BCUT2D eigenvalue weighted by Gasteiger charge is 2.11. The average Bonchev–Trinajstić information content (AvgIpc) is 2.39. The highest BCUT2D eigenvalue weighted by molar-refractivity contribution is 5.30. The standard InChI is InChI=1S/C14H21FN2O2/c1-11(16)13-3-2-12(10-14(13)15)19-9-6-17-4-7-18-8-5-17/h2-3,10-11H,4-9,16H2,1H3. The van der Waals surface area contributed by atoms with Gasteiger partial charge in [-0.05, 0) is 13.0 Å². The summed E-state index contributed by atoms with van der Waals surface area (Å²) in [6.07, 6.45) is 0. The fraction of sp³-hybridized carbons (Fsp3) is 0.571. The van der Waals surface area contributed by atoms with E-state index >= 15 is 0 Å². The van der Waals surface area contributed by atoms with Crippen LogP contribution in [-0.2, 0) is 4.74 Å². The van der Waals surface area contributed by atoms with Gasteiger partial charge >= 0.3 is 0 Å². The Bertz CT molecular complexity index is 406. The fourth-order valence-electron chi connectivity index (χ4n) is 2.08. The summed E-state index contributed by atoms with van der Waals surface area (Å²) >= 11 is 0. The number of morpholine rings is 1. The van der Waals surface area contributed by atoms with Gasteiger partial charge in [-0.1, -0.05) is 6.07 Å². The van der Waals surface area contributed by atoms with Gasteiger partial charge < -0.3 is 15.2 Å². The molecule has 1 aliphatic heterocycles. The van der Waals surface area contributed by atoms with Gasteiger partial charge in [0, 0.05) is 37.3 Å². The average molecular weight is 268 g/mol. The summed E-state index contributed by atoms with van der Waals surface area (Å²) in [5.41, 5.74) is 6.18. The van der Waals surface area contributed by atoms with E-state index in [9.17, 15) is 4.39 Å². The van der Waals surface area contributed by atoms with Gasteiger partial charge in [-0.2, -0.15) is 0 Å². The van der Waals surface area contributed by atoms with E-state index in [0.29, 0.717) is 17.9 Å². The van der Waals surface area contributed by atoms with E-state index in [-0.39, 0.29) is 11.9 Å². The molecule has 1 saturated heterocycles. The van der Waals surface area contributed by atoms with Crippen LogP contribution in [0.15, 0.2) is 18.2 Å². The second-order valence-electron chi connectivity index (χ2n) is 4.77. The van der Waals surface area contributed by atoms with Crippen LogP contribution < -0.4 is 10.5 Å². The van der Waals surface area contributed by atoms with E-state index in [2.05, 4.69) is 4.90 Å². The molecule has 2 rings (SSSR count). The SMILES string of the molecule is CC(N)c1ccc(OCCN2CCOCC2)cc1F. The number of hydrogen-bond acceptors (Lipinski definition) is 4. The molecule has 1 fully saturated rings. The van der Waals surface area contributed by atoms with Crippen LogP contribution in [0.4, 0.5) is 4.39 Å². The monoisotopic (exact) mass is 268 g/mol. The number of nitrogens with two attached hydrogens (primary N) is 1. The molecule has 0 amide bonds. The predicted molar refractivity (Wildman–Crippen MR) is 71.8 cm³/mol. The Kier molecular flexibility index (Phi) is 5.13. The van der Waals surface area contributed by atoms with E-state index in [1.165, 1.54) is 6.07 Å². The highest BCUT2D eigenvalue weighted by Crippen LogP contribution is 2.20. The van der Waals surface area contributed by atoms with Gasteiger partial charge in [0.05, 0.1) is 13.2 Å². The molecule has 1 atom stereocenters. The first-order chi connectivity index (χ1) is 9.16. The minimum Gasteiger partial charge on any atom is -0.492 e. The van der Waals surface area contributed by atoms with Crippen LogP contribution in [0.3, 0.4) is 0 Å². The van der Waals surface area contributed by atoms with Gasteiger partial charge in [-0.3, -0.25) is 4.90 Å². The lowest BCUT2D eigenvalue weighted by Gasteiger charge is -2.26. The number of hydrogen-bond donors (Lipinski definition) is 1. The van der Waals surface area contributed by atoms with E-state index < -0.39 is 0 Å². The Morgan fingerprint density at radius 2 is 2.16 bits per heavy atom. The molecule has 0 saturated carbocycles. The molecular weight excluding hydrogens is 247 g/mol. The molecule has 0 aromatic heterocycles. The number of nitrogens with zero attached hydrogens (tertiary/aromatic N) is 1. The summed E-state index contributed by atoms with van der Waals surface area (Å²) in [6, 6.07) is 4.55. The maximum absolute atomic E-state index is 13.7. The number of ether oxygens (including phenoxy) is 2. The van der Waals surface area contributed by atoms with Gasteiger partial charge in [-0.25, -0.2) is 4.39 Å². The van der Waals surface area contributed by atoms with Crippen molar-refractivity contribution in [3.8, 4) is 5.75 Å². The van der Waals surface area contributed by atoms with Crippen molar-refractivity contribution < 1.29 is 13.9 Å². The summed E-state index contributed by atoms with van der Waals surface area (Å²) in [7, 11) is 0. The molecule has 1 unspecified atom stereocenters. The largest absolute Gasteiger partial charge is 0.492 e. The van der Waals surface area contributed by atoms with E-state index in [1.54, 1.807) is 19.1 Å². The Morgan fingerprint density at radius 1 is 1.42 bits per heavy atom. The van der Waals surface area contributed by atoms with Crippen molar-refractivity contribution in [1.82, 2.24) is 4.90 Å². The Balaban J connectivity index is 1.81. The Labute approximate surface area is 113 Å². The molecule has 19 heavy (non-hydrogen) atoms. The van der Waals surface area contributed by atoms with Gasteiger partial charge in [0.1, 0.15) is 18.2 Å². The maximum Gasteiger partial charge on any atom is 0.131 e. The first-order valence-corrected chi connectivity index (χ1v) is 6.65. The third-order valence-electron chi connectivity index (χ3n) is 3.24. The summed E-state index contributed by atoms with van der Waals surface area (Å²) in [4.78, 5) is 2.27. The van der Waals surface area contributed by atoms with Gasteiger partial charge in [0.15, 0.2) is 0 Å². The van der Waals surface area contributed by atoms with Crippen molar-refractivity contribution in [2.45, 2.75) is 13.0 Å². The van der Waals surface area contributed by atoms with Crippen LogP contribution in [0.1, 0.15) is 18.5 Å². The highest BCUT2D eigenvalue weighted by atomic mass is 19.1. The molecule has 0 aliphatic carbocycles. The number of halogens is 1. The number of rotatable bonds is 5. The van der Waals surface area contributed by atoms with E-state index in [0.717, 1.165) is 32.8 Å². The van der Waals surface area contributed by atoms with Crippen molar-refractivity contribution in [3.05, 3.63) is 29.6 Å². The molecule has 106 valence electrons. The zero-order valence-corrected chi connectivity index (χ0v) is 11.3. The van der Waals surface area contributed by atoms with Gasteiger partial charge in [0.25, 0.3) is 0 Å². The Morgan fingerprint density at radius 3 is 2.79 bits per heavy atom. The van der Waals surface area contributed by atoms with Crippen molar-refractivity contribution in [2.24, 2.45) is 5.73 Å². The second kappa shape index (κ2) is 6.84. The summed E-state index contributed by atoms with van der Waals surface area (Å²) in [6.45, 7) is 6.56. The first kappa shape index (κ1) is 14.2. The van der Waals surface area contributed by atoms with Crippen LogP contribution in [0.25, 0.3) is 0 Å². The van der Waals surface area contributed by atoms with Crippen LogP contribution in [0.2, 0.25) is 0 Å². The fourth-order valence-corrected chi connectivity index (χ4v) is 2.08. The Hall–Kier alpha value is -1.17. The zero-order valence-electron chi connectivity index (χ0n) is 11.3. The van der Waals surface area contributed by atoms with Crippen molar-refractivity contribution in [3.63, 3.8) is 0 Å². The topological polar surface area (TPSA) is 47.7 Å². The minimum absolute atomic E-state index is 0.303. The molecule has 2 N–H and O–H groups in total. The lowest BCUT2D eigenvalue weighted by molar-refractivity contribution is 0.0322. The molecule has 0 spiro atoms. The summed E-state index contributed by atoms with van der Waals surface area (Å²) < 4.78 is 24.5. The molecule has 1 aromatic rings. The molecule has 4 nitrogen and oxygen atoms in total. The summed E-state index contributed by atoms with van der Waals surface area (Å²) in [5, 5.41) is 0. The quantitative estimate of drug-likeness (QED) is 0.880. The number of benzene rings is 1. The van der Waals surface area contributed by atoms with Crippen molar-refractivity contribution >= 4 is 0 Å². The van der Waals surface area contributed by atoms with Gasteiger partial charge in [0.2, 0.25) is 0 Å². The lowest BCUT2D eigenvalue weighted by atomic mass is 10.1. The summed E-state index contributed by atoms with van der Waals surface area (Å²) in [5.74, 6) is 0.244. The maximum atomic E-state index is 13.7. The third kappa shape index (κ3) is 4.16. The predicted octanol–water partition coefficient (Wildman–Crippen LogP) is 1.56. The molecule has 1 aromatic carbocycles. The van der Waals surface area contributed by atoms with E-state index in [1.807, 2.05) is 0 Å². The van der Waals surface area contributed by atoms with Gasteiger partial charge in [-0.15, -0.1) is 0 Å². The molecule has 0 bridgehead atoms. The van der Waals surface area contributed by atoms with Crippen molar-refractivity contribution in [1.29, 1.82) is 0 Å². The van der Waals surface area contributed by atoms with Crippen LogP contribution >= 0.6 is 0 Å². The zero-order chi connectivity index (χ0) is 13.7. The van der Waals surface area contributed by atoms with E-state index in [4.69, 9.17) is 15.2 Å². The van der Waals surface area contributed by atoms with Crippen LogP contribution in [0.5, 0.6) is 5.75 Å². The normalized spacial score (nSPS) is 18.3. The molecule has 1 aliphatic rings. The molecule has 1 heterocycles. The first-order valence-electron chi connectivity index (χ1n) is 6.65. The molecule has 0 radical (unpaired) electrons. The minimum atomic E-state index is -0.307.